The largest absolute Gasteiger partial charge is 0.497 e. The van der Waals surface area contributed by atoms with Crippen LogP contribution in [0.4, 0.5) is 0 Å². The molecule has 0 aliphatic carbocycles. The van der Waals surface area contributed by atoms with Crippen LogP contribution in [0.5, 0.6) is 11.5 Å². The number of methoxy groups -OCH3 is 1. The Labute approximate surface area is 198 Å². The molecule has 1 heterocycles. The maximum atomic E-state index is 12.6. The molecular formula is C26H26ClN3O3. The number of aryl methyl sites for hydroxylation is 1. The predicted octanol–water partition coefficient (Wildman–Crippen LogP) is 5.49. The number of amides is 1. The molecule has 1 aromatic heterocycles. The van der Waals surface area contributed by atoms with Crippen LogP contribution >= 0.6 is 11.6 Å². The number of nitrogens with zero attached hydrogens (tertiary/aromatic N) is 2. The number of hydrogen-bond donors (Lipinski definition) is 1. The summed E-state index contributed by atoms with van der Waals surface area (Å²) >= 11 is 6.15. The molecule has 0 spiro atoms. The van der Waals surface area contributed by atoms with Gasteiger partial charge >= 0.3 is 0 Å². The molecule has 1 amide bonds. The summed E-state index contributed by atoms with van der Waals surface area (Å²) in [7, 11) is 1.58. The summed E-state index contributed by atoms with van der Waals surface area (Å²) in [5.74, 6) is 2.00. The Hall–Kier alpha value is -3.51. The quantitative estimate of drug-likeness (QED) is 0.316. The SMILES string of the molecule is COc1cccc(C(=O)NCc2nc3ccccc3n2CCCCOc2ccccc2Cl)c1. The van der Waals surface area contributed by atoms with Gasteiger partial charge in [0, 0.05) is 12.1 Å². The first-order chi connectivity index (χ1) is 16.2. The maximum Gasteiger partial charge on any atom is 0.251 e. The molecule has 0 fully saturated rings. The van der Waals surface area contributed by atoms with Crippen LogP contribution in [0.1, 0.15) is 29.0 Å². The number of para-hydroxylation sites is 3. The highest BCUT2D eigenvalue weighted by molar-refractivity contribution is 6.32. The molecule has 0 aliphatic heterocycles. The van der Waals surface area contributed by atoms with Gasteiger partial charge in [0.2, 0.25) is 0 Å². The normalized spacial score (nSPS) is 10.8. The molecule has 0 unspecified atom stereocenters. The van der Waals surface area contributed by atoms with E-state index >= 15 is 0 Å². The monoisotopic (exact) mass is 463 g/mol. The van der Waals surface area contributed by atoms with E-state index in [1.165, 1.54) is 0 Å². The Morgan fingerprint density at radius 1 is 1.03 bits per heavy atom. The van der Waals surface area contributed by atoms with Crippen molar-refractivity contribution in [3.63, 3.8) is 0 Å². The number of carbonyl (C=O) groups excluding carboxylic acids is 1. The van der Waals surface area contributed by atoms with Gasteiger partial charge in [0.25, 0.3) is 5.91 Å². The van der Waals surface area contributed by atoms with Gasteiger partial charge in [-0.1, -0.05) is 41.9 Å². The van der Waals surface area contributed by atoms with Gasteiger partial charge in [0.05, 0.1) is 36.3 Å². The smallest absolute Gasteiger partial charge is 0.251 e. The molecule has 1 N–H and O–H groups in total. The first-order valence-corrected chi connectivity index (χ1v) is 11.3. The minimum atomic E-state index is -0.166. The van der Waals surface area contributed by atoms with Crippen molar-refractivity contribution in [3.05, 3.63) is 89.2 Å². The summed E-state index contributed by atoms with van der Waals surface area (Å²) in [5.41, 5.74) is 2.51. The third kappa shape index (κ3) is 5.65. The summed E-state index contributed by atoms with van der Waals surface area (Å²) in [6.07, 6.45) is 1.77. The van der Waals surface area contributed by atoms with Crippen LogP contribution < -0.4 is 14.8 Å². The van der Waals surface area contributed by atoms with E-state index in [1.807, 2.05) is 48.5 Å². The molecule has 0 saturated carbocycles. The Morgan fingerprint density at radius 2 is 1.85 bits per heavy atom. The lowest BCUT2D eigenvalue weighted by atomic mass is 10.2. The summed E-state index contributed by atoms with van der Waals surface area (Å²) in [4.78, 5) is 17.4. The first-order valence-electron chi connectivity index (χ1n) is 10.9. The topological polar surface area (TPSA) is 65.4 Å². The summed E-state index contributed by atoms with van der Waals surface area (Å²) in [5, 5.41) is 3.60. The standard InChI is InChI=1S/C26H26ClN3O3/c1-32-20-10-8-9-19(17-20)26(31)28-18-25-29-22-12-3-4-13-23(22)30(25)15-6-7-16-33-24-14-5-2-11-21(24)27/h2-5,8-14,17H,6-7,15-16,18H2,1H3,(H,28,31). The third-order valence-electron chi connectivity index (χ3n) is 5.34. The lowest BCUT2D eigenvalue weighted by Crippen LogP contribution is -2.24. The van der Waals surface area contributed by atoms with E-state index in [4.69, 9.17) is 26.1 Å². The zero-order chi connectivity index (χ0) is 23.0. The van der Waals surface area contributed by atoms with Crippen LogP contribution in [0.2, 0.25) is 5.02 Å². The van der Waals surface area contributed by atoms with Crippen LogP contribution in [-0.2, 0) is 13.1 Å². The highest BCUT2D eigenvalue weighted by Crippen LogP contribution is 2.23. The van der Waals surface area contributed by atoms with Crippen molar-refractivity contribution in [2.75, 3.05) is 13.7 Å². The second kappa shape index (κ2) is 10.9. The average molecular weight is 464 g/mol. The number of benzene rings is 3. The molecular weight excluding hydrogens is 438 g/mol. The Kier molecular flexibility index (Phi) is 7.47. The molecule has 4 rings (SSSR count). The number of imidazole rings is 1. The molecule has 4 aromatic rings. The van der Waals surface area contributed by atoms with E-state index in [9.17, 15) is 4.79 Å². The van der Waals surface area contributed by atoms with Crippen LogP contribution in [0.15, 0.2) is 72.8 Å². The van der Waals surface area contributed by atoms with Gasteiger partial charge in [-0.05, 0) is 55.3 Å². The number of nitrogens with one attached hydrogen (secondary N) is 1. The molecule has 3 aromatic carbocycles. The third-order valence-corrected chi connectivity index (χ3v) is 5.66. The van der Waals surface area contributed by atoms with E-state index in [0.29, 0.717) is 35.2 Å². The lowest BCUT2D eigenvalue weighted by molar-refractivity contribution is 0.0949. The van der Waals surface area contributed by atoms with E-state index < -0.39 is 0 Å². The van der Waals surface area contributed by atoms with Gasteiger partial charge in [-0.25, -0.2) is 4.98 Å². The molecule has 7 heteroatoms. The maximum absolute atomic E-state index is 12.6. The molecule has 6 nitrogen and oxygen atoms in total. The number of rotatable bonds is 10. The molecule has 0 bridgehead atoms. The number of hydrogen-bond acceptors (Lipinski definition) is 4. The fourth-order valence-electron chi connectivity index (χ4n) is 3.65. The fourth-order valence-corrected chi connectivity index (χ4v) is 3.84. The molecule has 0 radical (unpaired) electrons. The Balaban J connectivity index is 1.39. The van der Waals surface area contributed by atoms with E-state index in [1.54, 1.807) is 25.3 Å². The summed E-state index contributed by atoms with van der Waals surface area (Å²) < 4.78 is 13.2. The summed E-state index contributed by atoms with van der Waals surface area (Å²) in [6.45, 7) is 1.69. The van der Waals surface area contributed by atoms with E-state index in [0.717, 1.165) is 36.2 Å². The van der Waals surface area contributed by atoms with Crippen molar-refractivity contribution in [2.45, 2.75) is 25.9 Å². The number of aromatic nitrogens is 2. The molecule has 33 heavy (non-hydrogen) atoms. The first kappa shape index (κ1) is 22.7. The van der Waals surface area contributed by atoms with Crippen molar-refractivity contribution in [1.29, 1.82) is 0 Å². The van der Waals surface area contributed by atoms with Gasteiger partial charge in [-0.3, -0.25) is 4.79 Å². The lowest BCUT2D eigenvalue weighted by Gasteiger charge is -2.11. The Bertz CT molecular complexity index is 1240. The number of fused-ring (bicyclic) bond motifs is 1. The van der Waals surface area contributed by atoms with E-state index in [2.05, 4.69) is 16.0 Å². The van der Waals surface area contributed by atoms with Crippen molar-refractivity contribution in [1.82, 2.24) is 14.9 Å². The van der Waals surface area contributed by atoms with Gasteiger partial charge in [-0.2, -0.15) is 0 Å². The van der Waals surface area contributed by atoms with Crippen molar-refractivity contribution in [3.8, 4) is 11.5 Å². The van der Waals surface area contributed by atoms with Crippen molar-refractivity contribution >= 4 is 28.5 Å². The molecule has 0 atom stereocenters. The molecule has 170 valence electrons. The second-order valence-electron chi connectivity index (χ2n) is 7.57. The molecule has 0 saturated heterocycles. The van der Waals surface area contributed by atoms with E-state index in [-0.39, 0.29) is 5.91 Å². The van der Waals surface area contributed by atoms with Crippen molar-refractivity contribution < 1.29 is 14.3 Å². The zero-order valence-electron chi connectivity index (χ0n) is 18.5. The van der Waals surface area contributed by atoms with Gasteiger partial charge in [0.1, 0.15) is 17.3 Å². The predicted molar refractivity (Wildman–Crippen MR) is 130 cm³/mol. The highest BCUT2D eigenvalue weighted by atomic mass is 35.5. The molecule has 0 aliphatic rings. The van der Waals surface area contributed by atoms with Crippen LogP contribution in [0.3, 0.4) is 0 Å². The fraction of sp³-hybridized carbons (Fsp3) is 0.231. The van der Waals surface area contributed by atoms with Crippen LogP contribution in [0, 0.1) is 0 Å². The van der Waals surface area contributed by atoms with Gasteiger partial charge in [-0.15, -0.1) is 0 Å². The van der Waals surface area contributed by atoms with Crippen LogP contribution in [0.25, 0.3) is 11.0 Å². The Morgan fingerprint density at radius 3 is 2.70 bits per heavy atom. The minimum Gasteiger partial charge on any atom is -0.497 e. The number of halogens is 1. The number of unbranched alkanes of at least 4 members (excludes halogenated alkanes) is 1. The minimum absolute atomic E-state index is 0.166. The highest BCUT2D eigenvalue weighted by Gasteiger charge is 2.13. The zero-order valence-corrected chi connectivity index (χ0v) is 19.2. The second-order valence-corrected chi connectivity index (χ2v) is 7.98. The number of carbonyl (C=O) groups is 1. The van der Waals surface area contributed by atoms with Gasteiger partial charge in [0.15, 0.2) is 0 Å². The number of ether oxygens (including phenoxy) is 2. The van der Waals surface area contributed by atoms with Gasteiger partial charge < -0.3 is 19.4 Å². The van der Waals surface area contributed by atoms with Crippen molar-refractivity contribution in [2.24, 2.45) is 0 Å². The average Bonchev–Trinajstić information content (AvgIpc) is 3.21. The summed E-state index contributed by atoms with van der Waals surface area (Å²) in [6, 6.07) is 22.6. The van der Waals surface area contributed by atoms with Crippen LogP contribution in [-0.4, -0.2) is 29.2 Å².